The summed E-state index contributed by atoms with van der Waals surface area (Å²) >= 11 is 0. The zero-order valence-electron chi connectivity index (χ0n) is 11.3. The highest BCUT2D eigenvalue weighted by Gasteiger charge is 2.22. The molecule has 1 aromatic carbocycles. The summed E-state index contributed by atoms with van der Waals surface area (Å²) in [7, 11) is 0. The molecule has 0 amide bonds. The van der Waals surface area contributed by atoms with Crippen molar-refractivity contribution in [3.8, 4) is 0 Å². The molecule has 18 heavy (non-hydrogen) atoms. The van der Waals surface area contributed by atoms with E-state index in [9.17, 15) is 5.11 Å². The zero-order valence-corrected chi connectivity index (χ0v) is 11.3. The van der Waals surface area contributed by atoms with Crippen LogP contribution in [0.3, 0.4) is 0 Å². The molecule has 0 radical (unpaired) electrons. The molecule has 2 rings (SSSR count). The molecule has 1 aromatic rings. The average Bonchev–Trinajstić information content (AvgIpc) is 2.46. The van der Waals surface area contributed by atoms with Gasteiger partial charge in [0.25, 0.3) is 0 Å². The maximum Gasteiger partial charge on any atom is 0.0662 e. The Bertz CT molecular complexity index is 330. The van der Waals surface area contributed by atoms with E-state index in [2.05, 4.69) is 35.6 Å². The molecule has 1 aliphatic rings. The standard InChI is InChI=1S/C16H25NO/c1-2-16(18)12-17-15-10-8-14(9-11-15)13-6-4-3-5-7-13/h3-7,14-18H,2,8-12H2,1H3. The molecular formula is C16H25NO. The second-order valence-electron chi connectivity index (χ2n) is 5.43. The zero-order chi connectivity index (χ0) is 12.8. The lowest BCUT2D eigenvalue weighted by Crippen LogP contribution is -2.37. The van der Waals surface area contributed by atoms with Crippen LogP contribution in [0.25, 0.3) is 0 Å². The van der Waals surface area contributed by atoms with E-state index in [0.717, 1.165) is 18.9 Å². The van der Waals surface area contributed by atoms with E-state index in [1.165, 1.54) is 31.2 Å². The molecule has 0 heterocycles. The smallest absolute Gasteiger partial charge is 0.0662 e. The molecule has 1 fully saturated rings. The first-order chi connectivity index (χ1) is 8.79. The highest BCUT2D eigenvalue weighted by Crippen LogP contribution is 2.32. The SMILES string of the molecule is CCC(O)CNC1CCC(c2ccccc2)CC1. The largest absolute Gasteiger partial charge is 0.392 e. The second kappa shape index (κ2) is 6.91. The Labute approximate surface area is 110 Å². The fourth-order valence-corrected chi connectivity index (χ4v) is 2.80. The summed E-state index contributed by atoms with van der Waals surface area (Å²) in [5.41, 5.74) is 1.49. The molecule has 100 valence electrons. The van der Waals surface area contributed by atoms with Gasteiger partial charge in [-0.1, -0.05) is 37.3 Å². The van der Waals surface area contributed by atoms with Gasteiger partial charge in [0.05, 0.1) is 6.10 Å². The van der Waals surface area contributed by atoms with Crippen LogP contribution in [0.4, 0.5) is 0 Å². The van der Waals surface area contributed by atoms with Crippen molar-refractivity contribution < 1.29 is 5.11 Å². The van der Waals surface area contributed by atoms with Crippen LogP contribution >= 0.6 is 0 Å². The van der Waals surface area contributed by atoms with Crippen LogP contribution in [-0.4, -0.2) is 23.8 Å². The van der Waals surface area contributed by atoms with Gasteiger partial charge in [0, 0.05) is 12.6 Å². The highest BCUT2D eigenvalue weighted by molar-refractivity contribution is 5.20. The molecule has 0 aliphatic heterocycles. The fourth-order valence-electron chi connectivity index (χ4n) is 2.80. The number of rotatable bonds is 5. The van der Waals surface area contributed by atoms with Crippen LogP contribution in [0.1, 0.15) is 50.5 Å². The maximum atomic E-state index is 9.56. The quantitative estimate of drug-likeness (QED) is 0.838. The van der Waals surface area contributed by atoms with Gasteiger partial charge < -0.3 is 10.4 Å². The van der Waals surface area contributed by atoms with E-state index in [0.29, 0.717) is 6.04 Å². The van der Waals surface area contributed by atoms with Crippen molar-refractivity contribution in [2.45, 2.75) is 57.1 Å². The number of nitrogens with one attached hydrogen (secondary N) is 1. The summed E-state index contributed by atoms with van der Waals surface area (Å²) in [6, 6.07) is 11.5. The molecule has 0 bridgehead atoms. The van der Waals surface area contributed by atoms with E-state index in [1.807, 2.05) is 6.92 Å². The van der Waals surface area contributed by atoms with Crippen LogP contribution in [-0.2, 0) is 0 Å². The van der Waals surface area contributed by atoms with Crippen molar-refractivity contribution >= 4 is 0 Å². The maximum absolute atomic E-state index is 9.56. The summed E-state index contributed by atoms with van der Waals surface area (Å²) in [6.45, 7) is 2.77. The average molecular weight is 247 g/mol. The van der Waals surface area contributed by atoms with Gasteiger partial charge in [-0.25, -0.2) is 0 Å². The van der Waals surface area contributed by atoms with Gasteiger partial charge in [-0.2, -0.15) is 0 Å². The van der Waals surface area contributed by atoms with Crippen LogP contribution in [0.2, 0.25) is 0 Å². The van der Waals surface area contributed by atoms with E-state index in [4.69, 9.17) is 0 Å². The summed E-state index contributed by atoms with van der Waals surface area (Å²) in [4.78, 5) is 0. The van der Waals surface area contributed by atoms with Crippen molar-refractivity contribution in [1.29, 1.82) is 0 Å². The van der Waals surface area contributed by atoms with Crippen molar-refractivity contribution in [1.82, 2.24) is 5.32 Å². The Morgan fingerprint density at radius 2 is 1.83 bits per heavy atom. The summed E-state index contributed by atoms with van der Waals surface area (Å²) < 4.78 is 0. The molecule has 1 saturated carbocycles. The van der Waals surface area contributed by atoms with E-state index in [-0.39, 0.29) is 6.10 Å². The van der Waals surface area contributed by atoms with Gasteiger partial charge in [0.2, 0.25) is 0 Å². The van der Waals surface area contributed by atoms with Crippen molar-refractivity contribution in [2.75, 3.05) is 6.54 Å². The predicted molar refractivity (Wildman–Crippen MR) is 75.7 cm³/mol. The Kier molecular flexibility index (Phi) is 5.21. The highest BCUT2D eigenvalue weighted by atomic mass is 16.3. The van der Waals surface area contributed by atoms with E-state index >= 15 is 0 Å². The molecule has 2 heteroatoms. The first kappa shape index (κ1) is 13.6. The minimum Gasteiger partial charge on any atom is -0.392 e. The third kappa shape index (κ3) is 3.82. The van der Waals surface area contributed by atoms with Gasteiger partial charge in [-0.05, 0) is 43.6 Å². The predicted octanol–water partition coefficient (Wildman–Crippen LogP) is 3.07. The molecule has 1 atom stereocenters. The summed E-state index contributed by atoms with van der Waals surface area (Å²) in [5.74, 6) is 0.736. The Morgan fingerprint density at radius 1 is 1.17 bits per heavy atom. The van der Waals surface area contributed by atoms with Gasteiger partial charge in [0.1, 0.15) is 0 Å². The lowest BCUT2D eigenvalue weighted by atomic mass is 9.82. The number of hydrogen-bond donors (Lipinski definition) is 2. The molecule has 1 aliphatic carbocycles. The normalized spacial score (nSPS) is 25.9. The van der Waals surface area contributed by atoms with Gasteiger partial charge in [0.15, 0.2) is 0 Å². The third-order valence-electron chi connectivity index (χ3n) is 4.11. The van der Waals surface area contributed by atoms with E-state index in [1.54, 1.807) is 0 Å². The minimum absolute atomic E-state index is 0.183. The molecule has 2 N–H and O–H groups in total. The minimum atomic E-state index is -0.183. The van der Waals surface area contributed by atoms with E-state index < -0.39 is 0 Å². The van der Waals surface area contributed by atoms with Crippen LogP contribution in [0, 0.1) is 0 Å². The van der Waals surface area contributed by atoms with Gasteiger partial charge >= 0.3 is 0 Å². The van der Waals surface area contributed by atoms with Gasteiger partial charge in [-0.3, -0.25) is 0 Å². The van der Waals surface area contributed by atoms with Crippen molar-refractivity contribution in [3.63, 3.8) is 0 Å². The van der Waals surface area contributed by atoms with Crippen molar-refractivity contribution in [2.24, 2.45) is 0 Å². The number of aliphatic hydroxyl groups excluding tert-OH is 1. The monoisotopic (exact) mass is 247 g/mol. The number of aliphatic hydroxyl groups is 1. The fraction of sp³-hybridized carbons (Fsp3) is 0.625. The lowest BCUT2D eigenvalue weighted by Gasteiger charge is -2.30. The third-order valence-corrected chi connectivity index (χ3v) is 4.11. The molecular weight excluding hydrogens is 222 g/mol. The number of benzene rings is 1. The lowest BCUT2D eigenvalue weighted by molar-refractivity contribution is 0.158. The molecule has 2 nitrogen and oxygen atoms in total. The van der Waals surface area contributed by atoms with Crippen LogP contribution in [0.5, 0.6) is 0 Å². The number of hydrogen-bond acceptors (Lipinski definition) is 2. The van der Waals surface area contributed by atoms with Crippen molar-refractivity contribution in [3.05, 3.63) is 35.9 Å². The second-order valence-corrected chi connectivity index (χ2v) is 5.43. The Balaban J connectivity index is 1.75. The summed E-state index contributed by atoms with van der Waals surface area (Å²) in [5, 5.41) is 13.1. The van der Waals surface area contributed by atoms with Crippen LogP contribution < -0.4 is 5.32 Å². The molecule has 0 aromatic heterocycles. The Hall–Kier alpha value is -0.860. The summed E-state index contributed by atoms with van der Waals surface area (Å²) in [6.07, 6.45) is 5.66. The van der Waals surface area contributed by atoms with Gasteiger partial charge in [-0.15, -0.1) is 0 Å². The first-order valence-corrected chi connectivity index (χ1v) is 7.26. The first-order valence-electron chi connectivity index (χ1n) is 7.26. The van der Waals surface area contributed by atoms with Crippen LogP contribution in [0.15, 0.2) is 30.3 Å². The Morgan fingerprint density at radius 3 is 2.44 bits per heavy atom. The topological polar surface area (TPSA) is 32.3 Å². The molecule has 0 saturated heterocycles. The molecule has 1 unspecified atom stereocenters. The molecule has 0 spiro atoms.